The Labute approximate surface area is 195 Å². The number of methoxy groups -OCH3 is 1. The van der Waals surface area contributed by atoms with E-state index in [4.69, 9.17) is 9.15 Å². The number of fused-ring (bicyclic) bond motifs is 1. The van der Waals surface area contributed by atoms with Crippen molar-refractivity contribution in [2.75, 3.05) is 38.2 Å². The lowest BCUT2D eigenvalue weighted by Crippen LogP contribution is -2.48. The fraction of sp³-hybridized carbons (Fsp3) is 0.370. The van der Waals surface area contributed by atoms with E-state index in [1.807, 2.05) is 23.1 Å². The molecule has 1 saturated heterocycles. The average molecular weight is 446 g/mol. The Bertz CT molecular complexity index is 1100. The molecule has 3 heterocycles. The molecule has 2 aromatic carbocycles. The molecular weight excluding hydrogens is 414 g/mol. The third-order valence-electron chi connectivity index (χ3n) is 6.86. The van der Waals surface area contributed by atoms with Gasteiger partial charge < -0.3 is 19.0 Å². The van der Waals surface area contributed by atoms with Crippen molar-refractivity contribution in [3.8, 4) is 5.75 Å². The minimum Gasteiger partial charge on any atom is -0.497 e. The molecule has 6 heteroatoms. The van der Waals surface area contributed by atoms with Crippen LogP contribution >= 0.6 is 0 Å². The standard InChI is InChI=1S/C27H31N3O3/c1-20-17-22-5-3-4-6-25(22)30(20)19-26-24(11-16-33-26)27(31)29-14-12-28(13-15-29)18-21-7-9-23(32-2)10-8-21/h3-11,16,20H,12-15,17-19H2,1-2H3. The van der Waals surface area contributed by atoms with E-state index >= 15 is 0 Å². The maximum atomic E-state index is 13.3. The van der Waals surface area contributed by atoms with Gasteiger partial charge in [0.15, 0.2) is 0 Å². The predicted octanol–water partition coefficient (Wildman–Crippen LogP) is 4.20. The van der Waals surface area contributed by atoms with Gasteiger partial charge in [0.2, 0.25) is 0 Å². The van der Waals surface area contributed by atoms with Gasteiger partial charge in [-0.25, -0.2) is 0 Å². The van der Waals surface area contributed by atoms with Crippen LogP contribution in [-0.2, 0) is 19.5 Å². The van der Waals surface area contributed by atoms with Gasteiger partial charge in [-0.1, -0.05) is 30.3 Å². The van der Waals surface area contributed by atoms with Crippen molar-refractivity contribution in [3.63, 3.8) is 0 Å². The molecule has 0 saturated carbocycles. The van der Waals surface area contributed by atoms with E-state index in [9.17, 15) is 4.79 Å². The van der Waals surface area contributed by atoms with E-state index in [-0.39, 0.29) is 5.91 Å². The summed E-state index contributed by atoms with van der Waals surface area (Å²) in [4.78, 5) is 20.0. The smallest absolute Gasteiger partial charge is 0.257 e. The van der Waals surface area contributed by atoms with Gasteiger partial charge >= 0.3 is 0 Å². The fourth-order valence-electron chi connectivity index (χ4n) is 4.95. The lowest BCUT2D eigenvalue weighted by molar-refractivity contribution is 0.0626. The lowest BCUT2D eigenvalue weighted by atomic mass is 10.1. The third kappa shape index (κ3) is 4.48. The van der Waals surface area contributed by atoms with Crippen molar-refractivity contribution in [2.24, 2.45) is 0 Å². The van der Waals surface area contributed by atoms with Gasteiger partial charge in [0.05, 0.1) is 25.5 Å². The molecule has 172 valence electrons. The Morgan fingerprint density at radius 2 is 1.76 bits per heavy atom. The Morgan fingerprint density at radius 1 is 1.00 bits per heavy atom. The summed E-state index contributed by atoms with van der Waals surface area (Å²) in [7, 11) is 1.68. The number of para-hydroxylation sites is 1. The predicted molar refractivity (Wildman–Crippen MR) is 129 cm³/mol. The van der Waals surface area contributed by atoms with Crippen LogP contribution in [0.1, 0.15) is 34.2 Å². The first-order valence-corrected chi connectivity index (χ1v) is 11.7. The molecule has 1 aromatic heterocycles. The number of hydrogen-bond donors (Lipinski definition) is 0. The molecule has 33 heavy (non-hydrogen) atoms. The molecule has 0 N–H and O–H groups in total. The molecule has 1 unspecified atom stereocenters. The second kappa shape index (κ2) is 9.32. The van der Waals surface area contributed by atoms with E-state index in [1.165, 1.54) is 16.8 Å². The molecule has 2 aliphatic heterocycles. The van der Waals surface area contributed by atoms with E-state index in [0.29, 0.717) is 18.2 Å². The summed E-state index contributed by atoms with van der Waals surface area (Å²) in [6, 6.07) is 18.9. The van der Waals surface area contributed by atoms with Crippen LogP contribution in [0, 0.1) is 0 Å². The van der Waals surface area contributed by atoms with Gasteiger partial charge in [0.1, 0.15) is 11.5 Å². The van der Waals surface area contributed by atoms with Crippen LogP contribution < -0.4 is 9.64 Å². The summed E-state index contributed by atoms with van der Waals surface area (Å²) in [5.74, 6) is 1.70. The summed E-state index contributed by atoms with van der Waals surface area (Å²) < 4.78 is 11.1. The first kappa shape index (κ1) is 21.6. The molecule has 0 radical (unpaired) electrons. The zero-order chi connectivity index (χ0) is 22.8. The second-order valence-electron chi connectivity index (χ2n) is 8.98. The van der Waals surface area contributed by atoms with Crippen molar-refractivity contribution < 1.29 is 13.9 Å². The first-order chi connectivity index (χ1) is 16.1. The summed E-state index contributed by atoms with van der Waals surface area (Å²) in [5.41, 5.74) is 4.55. The highest BCUT2D eigenvalue weighted by atomic mass is 16.5. The van der Waals surface area contributed by atoms with E-state index in [0.717, 1.165) is 50.7 Å². The highest BCUT2D eigenvalue weighted by Crippen LogP contribution is 2.33. The van der Waals surface area contributed by atoms with E-state index < -0.39 is 0 Å². The topological polar surface area (TPSA) is 49.2 Å². The van der Waals surface area contributed by atoms with Crippen molar-refractivity contribution in [3.05, 3.63) is 83.3 Å². The number of carbonyl (C=O) groups excluding carboxylic acids is 1. The van der Waals surface area contributed by atoms with Crippen LogP contribution in [0.3, 0.4) is 0 Å². The molecule has 5 rings (SSSR count). The number of nitrogens with zero attached hydrogens (tertiary/aromatic N) is 3. The third-order valence-corrected chi connectivity index (χ3v) is 6.86. The molecule has 1 amide bonds. The van der Waals surface area contributed by atoms with Gasteiger partial charge in [-0.15, -0.1) is 0 Å². The molecule has 1 atom stereocenters. The van der Waals surface area contributed by atoms with Crippen molar-refractivity contribution in [2.45, 2.75) is 32.5 Å². The van der Waals surface area contributed by atoms with Crippen LogP contribution in [0.15, 0.2) is 65.3 Å². The summed E-state index contributed by atoms with van der Waals surface area (Å²) >= 11 is 0. The zero-order valence-electron chi connectivity index (χ0n) is 19.4. The summed E-state index contributed by atoms with van der Waals surface area (Å²) in [6.45, 7) is 6.90. The fourth-order valence-corrected chi connectivity index (χ4v) is 4.95. The number of amides is 1. The van der Waals surface area contributed by atoms with Crippen molar-refractivity contribution >= 4 is 11.6 Å². The molecule has 3 aromatic rings. The van der Waals surface area contributed by atoms with Crippen LogP contribution in [0.5, 0.6) is 5.75 Å². The number of anilines is 1. The number of furan rings is 1. The number of piperazine rings is 1. The van der Waals surface area contributed by atoms with Gasteiger partial charge in [-0.3, -0.25) is 9.69 Å². The number of rotatable bonds is 6. The van der Waals surface area contributed by atoms with Crippen LogP contribution in [0.4, 0.5) is 5.69 Å². The van der Waals surface area contributed by atoms with E-state index in [1.54, 1.807) is 13.4 Å². The monoisotopic (exact) mass is 445 g/mol. The molecular formula is C27H31N3O3. The first-order valence-electron chi connectivity index (χ1n) is 11.7. The number of hydrogen-bond acceptors (Lipinski definition) is 5. The molecule has 0 bridgehead atoms. The Kier molecular flexibility index (Phi) is 6.09. The zero-order valence-corrected chi connectivity index (χ0v) is 19.4. The second-order valence-corrected chi connectivity index (χ2v) is 8.98. The van der Waals surface area contributed by atoms with Gasteiger partial charge in [-0.05, 0) is 48.7 Å². The molecule has 2 aliphatic rings. The normalized spacial score (nSPS) is 18.4. The lowest BCUT2D eigenvalue weighted by Gasteiger charge is -2.35. The molecule has 0 aliphatic carbocycles. The summed E-state index contributed by atoms with van der Waals surface area (Å²) in [5, 5.41) is 0. The molecule has 6 nitrogen and oxygen atoms in total. The van der Waals surface area contributed by atoms with Gasteiger partial charge in [-0.2, -0.15) is 0 Å². The van der Waals surface area contributed by atoms with Gasteiger partial charge in [0, 0.05) is 44.5 Å². The number of ether oxygens (including phenoxy) is 1. The van der Waals surface area contributed by atoms with Crippen molar-refractivity contribution in [1.82, 2.24) is 9.80 Å². The minimum absolute atomic E-state index is 0.0722. The van der Waals surface area contributed by atoms with Crippen molar-refractivity contribution in [1.29, 1.82) is 0 Å². The average Bonchev–Trinajstić information content (AvgIpc) is 3.44. The largest absolute Gasteiger partial charge is 0.497 e. The highest BCUT2D eigenvalue weighted by Gasteiger charge is 2.30. The maximum absolute atomic E-state index is 13.3. The number of carbonyl (C=O) groups is 1. The van der Waals surface area contributed by atoms with Gasteiger partial charge in [0.25, 0.3) is 5.91 Å². The molecule has 0 spiro atoms. The molecule has 1 fully saturated rings. The van der Waals surface area contributed by atoms with Crippen LogP contribution in [0.25, 0.3) is 0 Å². The Balaban J connectivity index is 1.20. The highest BCUT2D eigenvalue weighted by molar-refractivity contribution is 5.95. The Hall–Kier alpha value is -3.25. The number of benzene rings is 2. The maximum Gasteiger partial charge on any atom is 0.257 e. The minimum atomic E-state index is 0.0722. The van der Waals surface area contributed by atoms with Crippen LogP contribution in [0.2, 0.25) is 0 Å². The quantitative estimate of drug-likeness (QED) is 0.569. The SMILES string of the molecule is COc1ccc(CN2CCN(C(=O)c3ccoc3CN3c4ccccc4CC3C)CC2)cc1. The van der Waals surface area contributed by atoms with E-state index in [2.05, 4.69) is 53.1 Å². The summed E-state index contributed by atoms with van der Waals surface area (Å²) in [6.07, 6.45) is 2.67. The Morgan fingerprint density at radius 3 is 2.52 bits per heavy atom. The van der Waals surface area contributed by atoms with Crippen LogP contribution in [-0.4, -0.2) is 55.0 Å².